The van der Waals surface area contributed by atoms with E-state index in [0.29, 0.717) is 12.1 Å². The summed E-state index contributed by atoms with van der Waals surface area (Å²) in [4.78, 5) is 18.7. The number of nitrogens with zero attached hydrogens (tertiary/aromatic N) is 2. The van der Waals surface area contributed by atoms with E-state index in [1.807, 2.05) is 38.1 Å². The second-order valence-electron chi connectivity index (χ2n) is 5.07. The lowest BCUT2D eigenvalue weighted by Gasteiger charge is -2.12. The normalized spacial score (nSPS) is 10.7. The molecule has 112 valence electrons. The van der Waals surface area contributed by atoms with Crippen molar-refractivity contribution in [3.05, 3.63) is 23.4 Å². The van der Waals surface area contributed by atoms with Crippen LogP contribution in [0.15, 0.2) is 12.1 Å². The highest BCUT2D eigenvalue weighted by atomic mass is 16.1. The zero-order valence-electron chi connectivity index (χ0n) is 13.0. The molecule has 0 saturated carbocycles. The van der Waals surface area contributed by atoms with E-state index in [4.69, 9.17) is 0 Å². The van der Waals surface area contributed by atoms with E-state index >= 15 is 0 Å². The minimum atomic E-state index is -0.0363. The number of pyridine rings is 1. The van der Waals surface area contributed by atoms with Gasteiger partial charge < -0.3 is 15.5 Å². The van der Waals surface area contributed by atoms with Crippen LogP contribution in [0.4, 0.5) is 5.82 Å². The number of hydrogen-bond donors (Lipinski definition) is 2. The van der Waals surface area contributed by atoms with Crippen LogP contribution in [0.3, 0.4) is 0 Å². The van der Waals surface area contributed by atoms with E-state index in [1.54, 1.807) is 0 Å². The quantitative estimate of drug-likeness (QED) is 0.761. The fraction of sp³-hybridized carbons (Fsp3) is 0.600. The molecule has 0 aromatic carbocycles. The summed E-state index contributed by atoms with van der Waals surface area (Å²) in [5.74, 6) is 0.738. The Morgan fingerprint density at radius 3 is 2.65 bits per heavy atom. The summed E-state index contributed by atoms with van der Waals surface area (Å²) in [6, 6.07) is 3.70. The summed E-state index contributed by atoms with van der Waals surface area (Å²) < 4.78 is 0. The number of aryl methyl sites for hydroxylation is 1. The summed E-state index contributed by atoms with van der Waals surface area (Å²) in [5, 5.41) is 6.11. The zero-order valence-corrected chi connectivity index (χ0v) is 13.0. The molecule has 0 fully saturated rings. The van der Waals surface area contributed by atoms with Gasteiger partial charge in [-0.25, -0.2) is 4.98 Å². The highest BCUT2D eigenvalue weighted by Gasteiger charge is 2.09. The minimum absolute atomic E-state index is 0.0363. The number of likely N-dealkylation sites (N-methyl/N-ethyl adjacent to an activating group) is 1. The van der Waals surface area contributed by atoms with Crippen LogP contribution in [-0.4, -0.2) is 49.5 Å². The van der Waals surface area contributed by atoms with Gasteiger partial charge in [0.25, 0.3) is 5.91 Å². The first-order valence-electron chi connectivity index (χ1n) is 7.24. The molecule has 0 spiro atoms. The molecular formula is C15H26N4O. The molecule has 1 heterocycles. The second-order valence-corrected chi connectivity index (χ2v) is 5.07. The smallest absolute Gasteiger partial charge is 0.251 e. The maximum atomic E-state index is 12.2. The van der Waals surface area contributed by atoms with Gasteiger partial charge in [-0.2, -0.15) is 0 Å². The van der Waals surface area contributed by atoms with Crippen LogP contribution in [0.5, 0.6) is 0 Å². The summed E-state index contributed by atoms with van der Waals surface area (Å²) in [6.07, 6.45) is 1.90. The van der Waals surface area contributed by atoms with Crippen LogP contribution in [0.25, 0.3) is 0 Å². The second kappa shape index (κ2) is 8.53. The topological polar surface area (TPSA) is 57.3 Å². The number of carbonyl (C=O) groups excluding carboxylic acids is 1. The molecule has 1 aromatic rings. The Balaban J connectivity index is 2.77. The van der Waals surface area contributed by atoms with E-state index in [9.17, 15) is 4.79 Å². The van der Waals surface area contributed by atoms with Crippen molar-refractivity contribution in [2.75, 3.05) is 39.0 Å². The van der Waals surface area contributed by atoms with Crippen LogP contribution in [-0.2, 0) is 6.42 Å². The highest BCUT2D eigenvalue weighted by molar-refractivity contribution is 5.95. The Morgan fingerprint density at radius 1 is 1.30 bits per heavy atom. The molecular weight excluding hydrogens is 252 g/mol. The molecule has 0 radical (unpaired) electrons. The van der Waals surface area contributed by atoms with Gasteiger partial charge in [0, 0.05) is 30.9 Å². The van der Waals surface area contributed by atoms with Gasteiger partial charge >= 0.3 is 0 Å². The molecule has 2 N–H and O–H groups in total. The number of nitrogens with one attached hydrogen (secondary N) is 2. The maximum absolute atomic E-state index is 12.2. The van der Waals surface area contributed by atoms with Gasteiger partial charge in [0.05, 0.1) is 0 Å². The van der Waals surface area contributed by atoms with E-state index < -0.39 is 0 Å². The van der Waals surface area contributed by atoms with Crippen LogP contribution >= 0.6 is 0 Å². The first-order chi connectivity index (χ1) is 9.56. The van der Waals surface area contributed by atoms with Crippen LogP contribution < -0.4 is 10.6 Å². The van der Waals surface area contributed by atoms with E-state index in [-0.39, 0.29) is 5.91 Å². The molecule has 0 bridgehead atoms. The van der Waals surface area contributed by atoms with E-state index in [1.165, 1.54) is 0 Å². The monoisotopic (exact) mass is 278 g/mol. The van der Waals surface area contributed by atoms with Crippen molar-refractivity contribution in [3.8, 4) is 0 Å². The third kappa shape index (κ3) is 5.57. The van der Waals surface area contributed by atoms with Gasteiger partial charge in [-0.05, 0) is 39.6 Å². The highest BCUT2D eigenvalue weighted by Crippen LogP contribution is 2.12. The number of carbonyl (C=O) groups is 1. The van der Waals surface area contributed by atoms with Crippen molar-refractivity contribution in [2.24, 2.45) is 0 Å². The third-order valence-electron chi connectivity index (χ3n) is 2.85. The fourth-order valence-corrected chi connectivity index (χ4v) is 1.87. The number of hydrogen-bond acceptors (Lipinski definition) is 4. The predicted octanol–water partition coefficient (Wildman–Crippen LogP) is 1.76. The van der Waals surface area contributed by atoms with Crippen molar-refractivity contribution in [2.45, 2.75) is 26.7 Å². The van der Waals surface area contributed by atoms with E-state index in [0.717, 1.165) is 37.4 Å². The van der Waals surface area contributed by atoms with Gasteiger partial charge in [0.2, 0.25) is 0 Å². The Labute approximate surface area is 121 Å². The van der Waals surface area contributed by atoms with Gasteiger partial charge in [0.1, 0.15) is 5.82 Å². The lowest BCUT2D eigenvalue weighted by atomic mass is 10.1. The minimum Gasteiger partial charge on any atom is -0.370 e. The molecule has 1 aromatic heterocycles. The molecule has 0 aliphatic heterocycles. The summed E-state index contributed by atoms with van der Waals surface area (Å²) in [7, 11) is 3.97. The summed E-state index contributed by atoms with van der Waals surface area (Å²) >= 11 is 0. The first kappa shape index (κ1) is 16.4. The Hall–Kier alpha value is -1.62. The Morgan fingerprint density at radius 2 is 2.05 bits per heavy atom. The molecule has 20 heavy (non-hydrogen) atoms. The van der Waals surface area contributed by atoms with Gasteiger partial charge in [-0.3, -0.25) is 4.79 Å². The molecule has 0 aliphatic carbocycles. The van der Waals surface area contributed by atoms with Gasteiger partial charge in [0.15, 0.2) is 0 Å². The zero-order chi connectivity index (χ0) is 15.0. The predicted molar refractivity (Wildman–Crippen MR) is 83.3 cm³/mol. The Bertz CT molecular complexity index is 408. The molecule has 5 heteroatoms. The van der Waals surface area contributed by atoms with Gasteiger partial charge in [-0.1, -0.05) is 13.3 Å². The van der Waals surface area contributed by atoms with Crippen molar-refractivity contribution < 1.29 is 4.79 Å². The van der Waals surface area contributed by atoms with Crippen molar-refractivity contribution >= 4 is 11.7 Å². The van der Waals surface area contributed by atoms with Crippen LogP contribution in [0, 0.1) is 0 Å². The van der Waals surface area contributed by atoms with Crippen molar-refractivity contribution in [3.63, 3.8) is 0 Å². The number of aromatic nitrogens is 1. The molecule has 1 rings (SSSR count). The third-order valence-corrected chi connectivity index (χ3v) is 2.85. The molecule has 1 amide bonds. The maximum Gasteiger partial charge on any atom is 0.251 e. The average Bonchev–Trinajstić information content (AvgIpc) is 2.38. The molecule has 0 aliphatic rings. The largest absolute Gasteiger partial charge is 0.370 e. The van der Waals surface area contributed by atoms with Crippen LogP contribution in [0.2, 0.25) is 0 Å². The van der Waals surface area contributed by atoms with E-state index in [2.05, 4.69) is 22.5 Å². The summed E-state index contributed by atoms with van der Waals surface area (Å²) in [6.45, 7) is 6.40. The van der Waals surface area contributed by atoms with Crippen LogP contribution in [0.1, 0.15) is 36.3 Å². The number of rotatable bonds is 8. The standard InChI is InChI=1S/C15H26N4O/c1-5-7-13-10-12(11-14(18-13)16-6-2)15(20)17-8-9-19(3)4/h10-11H,5-9H2,1-4H3,(H,16,18)(H,17,20). The fourth-order valence-electron chi connectivity index (χ4n) is 1.87. The Kier molecular flexibility index (Phi) is 7.01. The molecule has 5 nitrogen and oxygen atoms in total. The first-order valence-corrected chi connectivity index (χ1v) is 7.24. The van der Waals surface area contributed by atoms with Gasteiger partial charge in [-0.15, -0.1) is 0 Å². The number of amides is 1. The number of anilines is 1. The van der Waals surface area contributed by atoms with Crippen molar-refractivity contribution in [1.82, 2.24) is 15.2 Å². The SMILES string of the molecule is CCCc1cc(C(=O)NCCN(C)C)cc(NCC)n1. The molecule has 0 saturated heterocycles. The molecule has 0 atom stereocenters. The van der Waals surface area contributed by atoms with Crippen molar-refractivity contribution in [1.29, 1.82) is 0 Å². The lowest BCUT2D eigenvalue weighted by molar-refractivity contribution is 0.0951. The summed E-state index contributed by atoms with van der Waals surface area (Å²) in [5.41, 5.74) is 1.64. The average molecular weight is 278 g/mol. The molecule has 0 unspecified atom stereocenters. The lowest BCUT2D eigenvalue weighted by Crippen LogP contribution is -2.31.